The fourth-order valence-electron chi connectivity index (χ4n) is 3.12. The molecule has 24 heavy (non-hydrogen) atoms. The summed E-state index contributed by atoms with van der Waals surface area (Å²) in [6.07, 6.45) is 1.76. The van der Waals surface area contributed by atoms with E-state index >= 15 is 0 Å². The number of anilines is 1. The van der Waals surface area contributed by atoms with Gasteiger partial charge in [0.15, 0.2) is 11.5 Å². The van der Waals surface area contributed by atoms with Crippen molar-refractivity contribution in [3.05, 3.63) is 42.0 Å². The monoisotopic (exact) mass is 335 g/mol. The summed E-state index contributed by atoms with van der Waals surface area (Å²) in [5, 5.41) is 9.10. The molecule has 1 saturated heterocycles. The highest BCUT2D eigenvalue weighted by Gasteiger charge is 2.74. The van der Waals surface area contributed by atoms with E-state index in [0.29, 0.717) is 18.4 Å². The lowest BCUT2D eigenvalue weighted by molar-refractivity contribution is -0.0836. The van der Waals surface area contributed by atoms with Gasteiger partial charge in [-0.2, -0.15) is 0 Å². The molecule has 0 amide bonds. The molecular formula is C16H12F3N3O2. The molecule has 1 aromatic heterocycles. The van der Waals surface area contributed by atoms with Gasteiger partial charge in [-0.05, 0) is 37.1 Å². The standard InChI is InChI=1S/C16H12F3N3O2/c17-10-3-1-9(2-4-10)12-13(20-7-11(21-12)14(23)24)22-8-16(18,19)15(22)5-6-15/h1-4,7H,5-6,8H2,(H,23,24). The van der Waals surface area contributed by atoms with Crippen LogP contribution in [0.4, 0.5) is 19.0 Å². The van der Waals surface area contributed by atoms with Crippen LogP contribution in [0.25, 0.3) is 11.3 Å². The molecule has 1 spiro atoms. The molecule has 0 atom stereocenters. The predicted octanol–water partition coefficient (Wildman–Crippen LogP) is 2.97. The van der Waals surface area contributed by atoms with Crippen molar-refractivity contribution < 1.29 is 23.1 Å². The third-order valence-electron chi connectivity index (χ3n) is 4.62. The number of hydrogen-bond acceptors (Lipinski definition) is 4. The van der Waals surface area contributed by atoms with Gasteiger partial charge in [-0.3, -0.25) is 0 Å². The largest absolute Gasteiger partial charge is 0.476 e. The van der Waals surface area contributed by atoms with Crippen molar-refractivity contribution in [1.29, 1.82) is 0 Å². The molecule has 1 aliphatic heterocycles. The van der Waals surface area contributed by atoms with Gasteiger partial charge in [0.1, 0.15) is 17.1 Å². The predicted molar refractivity (Wildman–Crippen MR) is 78.6 cm³/mol. The molecule has 1 aromatic carbocycles. The van der Waals surface area contributed by atoms with Gasteiger partial charge in [0.05, 0.1) is 12.7 Å². The van der Waals surface area contributed by atoms with Gasteiger partial charge in [-0.25, -0.2) is 27.9 Å². The number of alkyl halides is 2. The highest BCUT2D eigenvalue weighted by Crippen LogP contribution is 2.61. The van der Waals surface area contributed by atoms with Crippen molar-refractivity contribution >= 4 is 11.8 Å². The van der Waals surface area contributed by atoms with Crippen molar-refractivity contribution in [3.8, 4) is 11.3 Å². The van der Waals surface area contributed by atoms with E-state index in [0.717, 1.165) is 6.20 Å². The van der Waals surface area contributed by atoms with E-state index in [-0.39, 0.29) is 17.2 Å². The third kappa shape index (κ3) is 1.98. The van der Waals surface area contributed by atoms with Crippen LogP contribution in [0.5, 0.6) is 0 Å². The molecule has 8 heteroatoms. The average molecular weight is 335 g/mol. The second-order valence-electron chi connectivity index (χ2n) is 6.06. The van der Waals surface area contributed by atoms with Crippen LogP contribution in [-0.4, -0.2) is 39.1 Å². The molecule has 5 nitrogen and oxygen atoms in total. The Balaban J connectivity index is 1.82. The molecule has 2 aliphatic rings. The molecule has 1 aliphatic carbocycles. The number of rotatable bonds is 3. The quantitative estimate of drug-likeness (QED) is 0.934. The van der Waals surface area contributed by atoms with Gasteiger partial charge in [0, 0.05) is 5.56 Å². The maximum absolute atomic E-state index is 13.9. The molecular weight excluding hydrogens is 323 g/mol. The zero-order valence-corrected chi connectivity index (χ0v) is 12.3. The SMILES string of the molecule is O=C(O)c1cnc(N2CC(F)(F)C23CC3)c(-c2ccc(F)cc2)n1. The number of aromatic nitrogens is 2. The second kappa shape index (κ2) is 4.68. The van der Waals surface area contributed by atoms with Crippen LogP contribution in [0.3, 0.4) is 0 Å². The number of carboxylic acid groups (broad SMARTS) is 1. The van der Waals surface area contributed by atoms with Gasteiger partial charge >= 0.3 is 5.97 Å². The fraction of sp³-hybridized carbons (Fsp3) is 0.312. The van der Waals surface area contributed by atoms with E-state index in [1.165, 1.54) is 29.2 Å². The zero-order chi connectivity index (χ0) is 17.1. The lowest BCUT2D eigenvalue weighted by atomic mass is 9.94. The maximum Gasteiger partial charge on any atom is 0.356 e. The minimum atomic E-state index is -2.79. The Kier molecular flexibility index (Phi) is 2.91. The zero-order valence-electron chi connectivity index (χ0n) is 12.3. The van der Waals surface area contributed by atoms with Crippen molar-refractivity contribution in [2.24, 2.45) is 0 Å². The maximum atomic E-state index is 13.9. The first-order valence-electron chi connectivity index (χ1n) is 7.36. The Morgan fingerprint density at radius 1 is 1.21 bits per heavy atom. The number of carboxylic acids is 1. The van der Waals surface area contributed by atoms with Crippen molar-refractivity contribution in [2.75, 3.05) is 11.4 Å². The summed E-state index contributed by atoms with van der Waals surface area (Å²) in [5.74, 6) is -4.32. The number of nitrogens with zero attached hydrogens (tertiary/aromatic N) is 3. The van der Waals surface area contributed by atoms with Gasteiger partial charge in [0.25, 0.3) is 5.92 Å². The molecule has 0 radical (unpaired) electrons. The average Bonchev–Trinajstić information content (AvgIpc) is 3.36. The Morgan fingerprint density at radius 2 is 1.88 bits per heavy atom. The van der Waals surface area contributed by atoms with Crippen LogP contribution in [0.15, 0.2) is 30.5 Å². The molecule has 1 saturated carbocycles. The molecule has 0 bridgehead atoms. The van der Waals surface area contributed by atoms with Crippen molar-refractivity contribution in [3.63, 3.8) is 0 Å². The first-order valence-corrected chi connectivity index (χ1v) is 7.36. The highest BCUT2D eigenvalue weighted by molar-refractivity contribution is 5.87. The van der Waals surface area contributed by atoms with E-state index in [4.69, 9.17) is 5.11 Å². The Morgan fingerprint density at radius 3 is 2.42 bits per heavy atom. The molecule has 1 N–H and O–H groups in total. The van der Waals surface area contributed by atoms with Gasteiger partial charge < -0.3 is 10.0 Å². The number of halogens is 3. The van der Waals surface area contributed by atoms with E-state index < -0.39 is 29.8 Å². The van der Waals surface area contributed by atoms with Gasteiger partial charge in [-0.15, -0.1) is 0 Å². The van der Waals surface area contributed by atoms with E-state index in [1.54, 1.807) is 0 Å². The van der Waals surface area contributed by atoms with Crippen LogP contribution >= 0.6 is 0 Å². The van der Waals surface area contributed by atoms with Crippen LogP contribution in [0.1, 0.15) is 23.3 Å². The smallest absolute Gasteiger partial charge is 0.356 e. The third-order valence-corrected chi connectivity index (χ3v) is 4.62. The molecule has 0 unspecified atom stereocenters. The summed E-state index contributed by atoms with van der Waals surface area (Å²) in [6, 6.07) is 5.25. The fourth-order valence-corrected chi connectivity index (χ4v) is 3.12. The highest BCUT2D eigenvalue weighted by atomic mass is 19.3. The minimum Gasteiger partial charge on any atom is -0.476 e. The van der Waals surface area contributed by atoms with Crippen LogP contribution in [0.2, 0.25) is 0 Å². The molecule has 2 aromatic rings. The van der Waals surface area contributed by atoms with E-state index in [2.05, 4.69) is 9.97 Å². The Hall–Kier alpha value is -2.64. The number of hydrogen-bond donors (Lipinski definition) is 1. The van der Waals surface area contributed by atoms with Crippen LogP contribution in [-0.2, 0) is 0 Å². The Labute approximate surface area is 134 Å². The molecule has 124 valence electrons. The van der Waals surface area contributed by atoms with Crippen molar-refractivity contribution in [2.45, 2.75) is 24.3 Å². The normalized spacial score (nSPS) is 19.9. The van der Waals surface area contributed by atoms with Gasteiger partial charge in [-0.1, -0.05) is 0 Å². The molecule has 2 heterocycles. The van der Waals surface area contributed by atoms with Crippen molar-refractivity contribution in [1.82, 2.24) is 9.97 Å². The summed E-state index contributed by atoms with van der Waals surface area (Å²) in [7, 11) is 0. The first kappa shape index (κ1) is 14.9. The lowest BCUT2D eigenvalue weighted by Crippen LogP contribution is -2.68. The minimum absolute atomic E-state index is 0.164. The summed E-state index contributed by atoms with van der Waals surface area (Å²) in [6.45, 7) is -0.484. The Bertz CT molecular complexity index is 835. The number of benzene rings is 1. The van der Waals surface area contributed by atoms with E-state index in [9.17, 15) is 18.0 Å². The number of carbonyl (C=O) groups is 1. The van der Waals surface area contributed by atoms with E-state index in [1.807, 2.05) is 0 Å². The summed E-state index contributed by atoms with van der Waals surface area (Å²) in [4.78, 5) is 20.7. The second-order valence-corrected chi connectivity index (χ2v) is 6.06. The number of aromatic carboxylic acids is 1. The summed E-state index contributed by atoms with van der Waals surface area (Å²) < 4.78 is 40.9. The molecule has 4 rings (SSSR count). The summed E-state index contributed by atoms with van der Waals surface area (Å²) >= 11 is 0. The van der Waals surface area contributed by atoms with Crippen LogP contribution in [0, 0.1) is 5.82 Å². The first-order chi connectivity index (χ1) is 11.3. The molecule has 2 fully saturated rings. The van der Waals surface area contributed by atoms with Gasteiger partial charge in [0.2, 0.25) is 0 Å². The topological polar surface area (TPSA) is 66.3 Å². The van der Waals surface area contributed by atoms with Crippen LogP contribution < -0.4 is 4.90 Å². The lowest BCUT2D eigenvalue weighted by Gasteiger charge is -2.49. The summed E-state index contributed by atoms with van der Waals surface area (Å²) in [5.41, 5.74) is -0.943.